The zero-order valence-electron chi connectivity index (χ0n) is 15.5. The predicted octanol–water partition coefficient (Wildman–Crippen LogP) is 3.80. The van der Waals surface area contributed by atoms with Crippen LogP contribution >= 0.6 is 15.9 Å². The van der Waals surface area contributed by atoms with Crippen molar-refractivity contribution in [1.29, 1.82) is 0 Å². The molecule has 0 radical (unpaired) electrons. The summed E-state index contributed by atoms with van der Waals surface area (Å²) in [6.45, 7) is 4.15. The zero-order chi connectivity index (χ0) is 19.2. The highest BCUT2D eigenvalue weighted by molar-refractivity contribution is 9.10. The molecule has 1 heterocycles. The summed E-state index contributed by atoms with van der Waals surface area (Å²) >= 11 is 3.35. The summed E-state index contributed by atoms with van der Waals surface area (Å²) in [4.78, 5) is 29.0. The maximum absolute atomic E-state index is 12.2. The van der Waals surface area contributed by atoms with Gasteiger partial charge in [0.1, 0.15) is 0 Å². The van der Waals surface area contributed by atoms with Gasteiger partial charge in [-0.25, -0.2) is 0 Å². The average Bonchev–Trinajstić information content (AvgIpc) is 2.68. The van der Waals surface area contributed by atoms with E-state index >= 15 is 0 Å². The molecule has 27 heavy (non-hydrogen) atoms. The number of nitrogens with zero attached hydrogens (tertiary/aromatic N) is 2. The van der Waals surface area contributed by atoms with E-state index in [0.29, 0.717) is 5.56 Å². The molecule has 0 aromatic heterocycles. The lowest BCUT2D eigenvalue weighted by Crippen LogP contribution is -2.44. The number of amides is 1. The lowest BCUT2D eigenvalue weighted by Gasteiger charge is -2.34. The zero-order valence-corrected chi connectivity index (χ0v) is 17.0. The van der Waals surface area contributed by atoms with E-state index in [0.717, 1.165) is 36.3 Å². The highest BCUT2D eigenvalue weighted by Gasteiger charge is 2.14. The van der Waals surface area contributed by atoms with E-state index in [1.165, 1.54) is 5.69 Å². The molecule has 6 heteroatoms. The lowest BCUT2D eigenvalue weighted by atomic mass is 10.1. The highest BCUT2D eigenvalue weighted by Crippen LogP contribution is 2.20. The second-order valence-corrected chi connectivity index (χ2v) is 7.73. The Hall–Kier alpha value is -2.18. The van der Waals surface area contributed by atoms with Crippen LogP contribution in [-0.4, -0.2) is 49.8 Å². The number of Topliss-reactive ketones (excluding diaryl/α,β-unsaturated/α-hetero) is 1. The summed E-state index contributed by atoms with van der Waals surface area (Å²) in [6, 6.07) is 15.1. The Balaban J connectivity index is 1.47. The van der Waals surface area contributed by atoms with Crippen LogP contribution in [0.3, 0.4) is 0 Å². The number of anilines is 2. The van der Waals surface area contributed by atoms with E-state index in [9.17, 15) is 9.59 Å². The van der Waals surface area contributed by atoms with Crippen molar-refractivity contribution in [1.82, 2.24) is 4.90 Å². The van der Waals surface area contributed by atoms with Crippen LogP contribution in [-0.2, 0) is 4.79 Å². The minimum absolute atomic E-state index is 0.0249. The molecule has 3 rings (SSSR count). The fourth-order valence-electron chi connectivity index (χ4n) is 3.05. The molecule has 1 aliphatic rings. The maximum Gasteiger partial charge on any atom is 0.224 e. The third-order valence-corrected chi connectivity index (χ3v) is 5.29. The summed E-state index contributed by atoms with van der Waals surface area (Å²) in [7, 11) is 2.14. The minimum Gasteiger partial charge on any atom is -0.369 e. The third-order valence-electron chi connectivity index (χ3n) is 4.76. The van der Waals surface area contributed by atoms with Crippen molar-refractivity contribution < 1.29 is 9.59 Å². The third kappa shape index (κ3) is 5.65. The highest BCUT2D eigenvalue weighted by atomic mass is 79.9. The monoisotopic (exact) mass is 429 g/mol. The van der Waals surface area contributed by atoms with Gasteiger partial charge in [-0.3, -0.25) is 9.59 Å². The van der Waals surface area contributed by atoms with Crippen molar-refractivity contribution in [3.05, 3.63) is 58.6 Å². The molecule has 1 saturated heterocycles. The molecule has 0 aliphatic carbocycles. The molecule has 1 N–H and O–H groups in total. The molecule has 0 bridgehead atoms. The van der Waals surface area contributed by atoms with Gasteiger partial charge >= 0.3 is 0 Å². The van der Waals surface area contributed by atoms with E-state index < -0.39 is 0 Å². The first-order valence-electron chi connectivity index (χ1n) is 9.13. The molecule has 5 nitrogen and oxygen atoms in total. The molecular weight excluding hydrogens is 406 g/mol. The van der Waals surface area contributed by atoms with Crippen molar-refractivity contribution in [2.45, 2.75) is 12.8 Å². The number of likely N-dealkylation sites (N-methyl/N-ethyl adjacent to an activating group) is 1. The molecular formula is C21H24BrN3O2. The Kier molecular flexibility index (Phi) is 6.63. The number of ketones is 1. The van der Waals surface area contributed by atoms with Crippen LogP contribution < -0.4 is 10.2 Å². The standard InChI is InChI=1S/C21H24BrN3O2/c1-24-12-14-25(15-13-24)19-8-6-18(7-9-19)23-21(27)11-10-20(26)16-2-4-17(22)5-3-16/h2-9H,10-15H2,1H3,(H,23,27). The quantitative estimate of drug-likeness (QED) is 0.709. The van der Waals surface area contributed by atoms with Crippen LogP contribution in [0.1, 0.15) is 23.2 Å². The number of nitrogens with one attached hydrogen (secondary N) is 1. The van der Waals surface area contributed by atoms with Crippen LogP contribution in [0, 0.1) is 0 Å². The molecule has 0 unspecified atom stereocenters. The van der Waals surface area contributed by atoms with Crippen molar-refractivity contribution in [3.63, 3.8) is 0 Å². The first-order chi connectivity index (χ1) is 13.0. The van der Waals surface area contributed by atoms with Gasteiger partial charge in [0.25, 0.3) is 0 Å². The Morgan fingerprint density at radius 3 is 2.19 bits per heavy atom. The summed E-state index contributed by atoms with van der Waals surface area (Å²) in [5.74, 6) is -0.170. The molecule has 2 aromatic rings. The second-order valence-electron chi connectivity index (χ2n) is 6.82. The number of carbonyl (C=O) groups excluding carboxylic acids is 2. The SMILES string of the molecule is CN1CCN(c2ccc(NC(=O)CCC(=O)c3ccc(Br)cc3)cc2)CC1. The summed E-state index contributed by atoms with van der Waals surface area (Å²) in [6.07, 6.45) is 0.377. The Morgan fingerprint density at radius 1 is 0.926 bits per heavy atom. The van der Waals surface area contributed by atoms with E-state index in [2.05, 4.69) is 38.1 Å². The van der Waals surface area contributed by atoms with E-state index in [1.807, 2.05) is 36.4 Å². The fourth-order valence-corrected chi connectivity index (χ4v) is 3.32. The maximum atomic E-state index is 12.2. The molecule has 0 spiro atoms. The van der Waals surface area contributed by atoms with E-state index in [-0.39, 0.29) is 24.5 Å². The Labute approximate surface area is 168 Å². The van der Waals surface area contributed by atoms with Gasteiger partial charge in [0, 0.05) is 60.4 Å². The van der Waals surface area contributed by atoms with Crippen LogP contribution in [0.5, 0.6) is 0 Å². The first kappa shape index (κ1) is 19.6. The van der Waals surface area contributed by atoms with Crippen LogP contribution in [0.25, 0.3) is 0 Å². The Bertz CT molecular complexity index is 782. The van der Waals surface area contributed by atoms with Gasteiger partial charge in [0.15, 0.2) is 5.78 Å². The molecule has 142 valence electrons. The van der Waals surface area contributed by atoms with E-state index in [1.54, 1.807) is 12.1 Å². The normalized spacial score (nSPS) is 14.8. The number of benzene rings is 2. The average molecular weight is 430 g/mol. The van der Waals surface area contributed by atoms with E-state index in [4.69, 9.17) is 0 Å². The van der Waals surface area contributed by atoms with Gasteiger partial charge in [-0.05, 0) is 43.4 Å². The van der Waals surface area contributed by atoms with Crippen LogP contribution in [0.2, 0.25) is 0 Å². The molecule has 0 saturated carbocycles. The summed E-state index contributed by atoms with van der Waals surface area (Å²) in [5, 5.41) is 2.87. The van der Waals surface area contributed by atoms with Gasteiger partial charge in [-0.2, -0.15) is 0 Å². The first-order valence-corrected chi connectivity index (χ1v) is 9.93. The molecule has 0 atom stereocenters. The Morgan fingerprint density at radius 2 is 1.56 bits per heavy atom. The van der Waals surface area contributed by atoms with Crippen molar-refractivity contribution in [3.8, 4) is 0 Å². The van der Waals surface area contributed by atoms with Crippen molar-refractivity contribution in [2.75, 3.05) is 43.4 Å². The number of hydrogen-bond donors (Lipinski definition) is 1. The predicted molar refractivity (Wildman–Crippen MR) is 112 cm³/mol. The number of piperazine rings is 1. The molecule has 1 amide bonds. The second kappa shape index (κ2) is 9.15. The number of rotatable bonds is 6. The van der Waals surface area contributed by atoms with Gasteiger partial charge in [0.2, 0.25) is 5.91 Å². The number of halogens is 1. The van der Waals surface area contributed by atoms with Crippen molar-refractivity contribution in [2.24, 2.45) is 0 Å². The largest absolute Gasteiger partial charge is 0.369 e. The summed E-state index contributed by atoms with van der Waals surface area (Å²) in [5.41, 5.74) is 2.56. The number of carbonyl (C=O) groups is 2. The van der Waals surface area contributed by atoms with Gasteiger partial charge in [-0.1, -0.05) is 28.1 Å². The topological polar surface area (TPSA) is 52.6 Å². The van der Waals surface area contributed by atoms with Crippen LogP contribution in [0.15, 0.2) is 53.0 Å². The molecule has 1 fully saturated rings. The van der Waals surface area contributed by atoms with Crippen molar-refractivity contribution >= 4 is 39.0 Å². The fraction of sp³-hybridized carbons (Fsp3) is 0.333. The number of hydrogen-bond acceptors (Lipinski definition) is 4. The lowest BCUT2D eigenvalue weighted by molar-refractivity contribution is -0.116. The smallest absolute Gasteiger partial charge is 0.224 e. The molecule has 1 aliphatic heterocycles. The summed E-state index contributed by atoms with van der Waals surface area (Å²) < 4.78 is 0.928. The minimum atomic E-state index is -0.146. The van der Waals surface area contributed by atoms with Crippen LogP contribution in [0.4, 0.5) is 11.4 Å². The van der Waals surface area contributed by atoms with Gasteiger partial charge < -0.3 is 15.1 Å². The van der Waals surface area contributed by atoms with Gasteiger partial charge in [-0.15, -0.1) is 0 Å². The molecule has 2 aromatic carbocycles. The van der Waals surface area contributed by atoms with Gasteiger partial charge in [0.05, 0.1) is 0 Å².